The number of benzene rings is 2. The van der Waals surface area contributed by atoms with Gasteiger partial charge in [0.2, 0.25) is 0 Å². The molecule has 3 amide bonds. The van der Waals surface area contributed by atoms with Gasteiger partial charge >= 0.3 is 6.03 Å². The average molecular weight is 449 g/mol. The lowest BCUT2D eigenvalue weighted by Gasteiger charge is -2.33. The third kappa shape index (κ3) is 5.39. The van der Waals surface area contributed by atoms with Crippen molar-refractivity contribution >= 4 is 27.5 Å². The van der Waals surface area contributed by atoms with Crippen molar-refractivity contribution in [2.75, 3.05) is 29.5 Å². The number of carbonyl (C=O) groups excluding carboxylic acids is 2. The van der Waals surface area contributed by atoms with E-state index >= 15 is 0 Å². The van der Waals surface area contributed by atoms with Gasteiger partial charge in [0.1, 0.15) is 5.82 Å². The molecule has 31 heavy (non-hydrogen) atoms. The number of nitrogens with one attached hydrogen (secondary N) is 1. The summed E-state index contributed by atoms with van der Waals surface area (Å²) in [5.41, 5.74) is 3.88. The van der Waals surface area contributed by atoms with Crippen LogP contribution in [0.15, 0.2) is 42.5 Å². The number of aryl methyl sites for hydroxylation is 1. The molecular weight excluding hydrogens is 423 g/mol. The third-order valence-corrected chi connectivity index (χ3v) is 6.89. The maximum absolute atomic E-state index is 14.7. The molecule has 0 aliphatic carbocycles. The molecule has 8 nitrogen and oxygen atoms in total. The van der Waals surface area contributed by atoms with E-state index in [2.05, 4.69) is 0 Å². The van der Waals surface area contributed by atoms with Gasteiger partial charge in [-0.25, -0.2) is 23.4 Å². The number of urea groups is 1. The first-order chi connectivity index (χ1) is 14.7. The second-order valence-corrected chi connectivity index (χ2v) is 9.61. The van der Waals surface area contributed by atoms with E-state index in [1.807, 2.05) is 24.5 Å². The quantitative estimate of drug-likeness (QED) is 0.412. The van der Waals surface area contributed by atoms with Crippen LogP contribution in [0, 0.1) is 5.82 Å². The smallest absolute Gasteiger partial charge is 0.322 e. The van der Waals surface area contributed by atoms with Gasteiger partial charge in [0, 0.05) is 29.9 Å². The first-order valence-corrected chi connectivity index (χ1v) is 11.7. The van der Waals surface area contributed by atoms with Crippen molar-refractivity contribution in [2.45, 2.75) is 19.9 Å². The van der Waals surface area contributed by atoms with Crippen molar-refractivity contribution in [3.8, 4) is 0 Å². The highest BCUT2D eigenvalue weighted by atomic mass is 32.2. The minimum Gasteiger partial charge on any atom is -0.322 e. The number of halogens is 1. The Morgan fingerprint density at radius 2 is 1.77 bits per heavy atom. The summed E-state index contributed by atoms with van der Waals surface area (Å²) in [5, 5.41) is 0. The summed E-state index contributed by atoms with van der Waals surface area (Å²) in [6.45, 7) is 2.11. The number of amides is 3. The van der Waals surface area contributed by atoms with Gasteiger partial charge in [-0.15, -0.1) is 0 Å². The minimum atomic E-state index is -3.15. The van der Waals surface area contributed by atoms with Gasteiger partial charge in [-0.2, -0.15) is 0 Å². The summed E-state index contributed by atoms with van der Waals surface area (Å²) in [6.07, 6.45) is 0.831. The van der Waals surface area contributed by atoms with E-state index in [-0.39, 0.29) is 42.3 Å². The highest BCUT2D eigenvalue weighted by Gasteiger charge is 2.29. The number of carbonyl (C=O) groups is 2. The first kappa shape index (κ1) is 22.7. The molecule has 0 spiro atoms. The van der Waals surface area contributed by atoms with Crippen LogP contribution in [0.2, 0.25) is 0 Å². The summed E-state index contributed by atoms with van der Waals surface area (Å²) in [6, 6.07) is 10.9. The summed E-state index contributed by atoms with van der Waals surface area (Å²) in [7, 11) is -3.15. The Kier molecular flexibility index (Phi) is 6.91. The zero-order valence-corrected chi connectivity index (χ0v) is 18.0. The molecule has 3 rings (SSSR count). The number of hydrazine groups is 1. The highest BCUT2D eigenvalue weighted by Crippen LogP contribution is 2.23. The van der Waals surface area contributed by atoms with E-state index in [4.69, 9.17) is 5.84 Å². The molecule has 0 aromatic heterocycles. The summed E-state index contributed by atoms with van der Waals surface area (Å²) in [4.78, 5) is 27.8. The normalized spacial score (nSPS) is 15.4. The highest BCUT2D eigenvalue weighted by molar-refractivity contribution is 7.91. The molecule has 1 saturated heterocycles. The fraction of sp³-hybridized carbons (Fsp3) is 0.333. The predicted octanol–water partition coefficient (Wildman–Crippen LogP) is 1.85. The first-order valence-electron chi connectivity index (χ1n) is 9.89. The SMILES string of the molecule is CCc1ccc(N(Cc2ccc(C(=O)NN)cc2F)C(=O)N2CCS(=O)(=O)CC2)cc1. The molecule has 1 fully saturated rings. The van der Waals surface area contributed by atoms with Crippen molar-refractivity contribution in [3.63, 3.8) is 0 Å². The molecule has 0 atom stereocenters. The lowest BCUT2D eigenvalue weighted by molar-refractivity contribution is 0.0953. The van der Waals surface area contributed by atoms with Gasteiger partial charge in [0.05, 0.1) is 18.1 Å². The molecule has 10 heteroatoms. The van der Waals surface area contributed by atoms with E-state index in [1.54, 1.807) is 12.1 Å². The van der Waals surface area contributed by atoms with Gasteiger partial charge in [-0.1, -0.05) is 25.1 Å². The maximum Gasteiger partial charge on any atom is 0.324 e. The Morgan fingerprint density at radius 1 is 1.13 bits per heavy atom. The van der Waals surface area contributed by atoms with Crippen LogP contribution < -0.4 is 16.2 Å². The monoisotopic (exact) mass is 448 g/mol. The van der Waals surface area contributed by atoms with E-state index in [1.165, 1.54) is 21.9 Å². The molecule has 3 N–H and O–H groups in total. The largest absolute Gasteiger partial charge is 0.324 e. The topological polar surface area (TPSA) is 113 Å². The lowest BCUT2D eigenvalue weighted by Crippen LogP contribution is -2.49. The number of nitrogens with two attached hydrogens (primary N) is 1. The molecule has 166 valence electrons. The number of rotatable bonds is 5. The van der Waals surface area contributed by atoms with Crippen molar-refractivity contribution in [1.29, 1.82) is 0 Å². The van der Waals surface area contributed by atoms with Gasteiger partial charge in [-0.3, -0.25) is 15.1 Å². The fourth-order valence-corrected chi connectivity index (χ4v) is 4.53. The maximum atomic E-state index is 14.7. The van der Waals surface area contributed by atoms with E-state index in [0.29, 0.717) is 5.69 Å². The van der Waals surface area contributed by atoms with Crippen LogP contribution in [-0.2, 0) is 22.8 Å². The number of anilines is 1. The van der Waals surface area contributed by atoms with Gasteiger partial charge in [0.25, 0.3) is 5.91 Å². The van der Waals surface area contributed by atoms with Crippen LogP contribution in [0.4, 0.5) is 14.9 Å². The molecule has 0 unspecified atom stereocenters. The van der Waals surface area contributed by atoms with Crippen LogP contribution in [0.1, 0.15) is 28.4 Å². The lowest BCUT2D eigenvalue weighted by atomic mass is 10.1. The number of nitrogen functional groups attached to an aromatic ring is 1. The minimum absolute atomic E-state index is 0.0650. The molecule has 1 heterocycles. The van der Waals surface area contributed by atoms with Crippen LogP contribution in [0.5, 0.6) is 0 Å². The zero-order chi connectivity index (χ0) is 22.6. The van der Waals surface area contributed by atoms with Crippen molar-refractivity contribution in [3.05, 3.63) is 65.0 Å². The van der Waals surface area contributed by atoms with Crippen LogP contribution in [0.3, 0.4) is 0 Å². The Bertz CT molecular complexity index is 1060. The summed E-state index contributed by atoms with van der Waals surface area (Å²) >= 11 is 0. The number of nitrogens with zero attached hydrogens (tertiary/aromatic N) is 2. The van der Waals surface area contributed by atoms with Crippen LogP contribution in [0.25, 0.3) is 0 Å². The van der Waals surface area contributed by atoms with Gasteiger partial charge in [-0.05, 0) is 36.2 Å². The average Bonchev–Trinajstić information content (AvgIpc) is 2.77. The molecule has 2 aromatic rings. The molecule has 2 aromatic carbocycles. The van der Waals surface area contributed by atoms with Crippen molar-refractivity contribution < 1.29 is 22.4 Å². The van der Waals surface area contributed by atoms with Crippen molar-refractivity contribution in [1.82, 2.24) is 10.3 Å². The predicted molar refractivity (Wildman–Crippen MR) is 116 cm³/mol. The molecule has 0 saturated carbocycles. The summed E-state index contributed by atoms with van der Waals surface area (Å²) < 4.78 is 38.2. The second-order valence-electron chi connectivity index (χ2n) is 7.31. The molecule has 1 aliphatic rings. The van der Waals surface area contributed by atoms with Crippen molar-refractivity contribution in [2.24, 2.45) is 5.84 Å². The second kappa shape index (κ2) is 9.44. The summed E-state index contributed by atoms with van der Waals surface area (Å²) in [5.74, 6) is 3.62. The Hall–Kier alpha value is -2.98. The Labute approximate surface area is 180 Å². The third-order valence-electron chi connectivity index (χ3n) is 5.28. The van der Waals surface area contributed by atoms with Gasteiger partial charge in [0.15, 0.2) is 9.84 Å². The van der Waals surface area contributed by atoms with E-state index in [0.717, 1.165) is 18.1 Å². The molecule has 0 radical (unpaired) electrons. The Balaban J connectivity index is 1.90. The number of sulfone groups is 1. The molecular formula is C21H25FN4O4S. The van der Waals surface area contributed by atoms with Crippen LogP contribution >= 0.6 is 0 Å². The fourth-order valence-electron chi connectivity index (χ4n) is 3.33. The van der Waals surface area contributed by atoms with Crippen LogP contribution in [-0.4, -0.2) is 49.9 Å². The standard InChI is InChI=1S/C21H25FN4O4S/c1-2-15-3-7-18(8-4-15)26(21(28)25-9-11-31(29,30)12-10-25)14-17-6-5-16(13-19(17)22)20(27)24-23/h3-8,13H,2,9-12,14,23H2,1H3,(H,24,27). The van der Waals surface area contributed by atoms with E-state index in [9.17, 15) is 22.4 Å². The Morgan fingerprint density at radius 3 is 2.32 bits per heavy atom. The van der Waals surface area contributed by atoms with E-state index < -0.39 is 27.6 Å². The number of hydrogen-bond donors (Lipinski definition) is 2. The molecule has 1 aliphatic heterocycles. The number of hydrogen-bond acceptors (Lipinski definition) is 5. The zero-order valence-electron chi connectivity index (χ0n) is 17.2. The van der Waals surface area contributed by atoms with Gasteiger partial charge < -0.3 is 4.90 Å². The molecule has 0 bridgehead atoms.